The highest BCUT2D eigenvalue weighted by atomic mass is 32.1. The molecule has 1 aliphatic rings. The zero-order valence-corrected chi connectivity index (χ0v) is 18.1. The highest BCUT2D eigenvalue weighted by molar-refractivity contribution is 7.81. The molecular weight excluding hydrogens is 404 g/mol. The SMILES string of the molecule is C=C(CNC(=O)CCN1C(=O)CC(S)C1=O)NC(C)C(=O)Nc1ccc(CC)cc1. The molecule has 9 heteroatoms. The fourth-order valence-electron chi connectivity index (χ4n) is 2.90. The van der Waals surface area contributed by atoms with E-state index in [0.29, 0.717) is 11.4 Å². The van der Waals surface area contributed by atoms with Crippen molar-refractivity contribution in [2.75, 3.05) is 18.4 Å². The number of aryl methyl sites for hydroxylation is 1. The molecule has 2 atom stereocenters. The molecule has 1 heterocycles. The number of thiol groups is 1. The number of imide groups is 1. The van der Waals surface area contributed by atoms with Crippen LogP contribution in [0.2, 0.25) is 0 Å². The zero-order chi connectivity index (χ0) is 22.3. The van der Waals surface area contributed by atoms with Gasteiger partial charge in [0.05, 0.1) is 11.8 Å². The molecule has 0 saturated carbocycles. The number of hydrogen-bond donors (Lipinski definition) is 4. The molecule has 2 unspecified atom stereocenters. The molecule has 1 aromatic carbocycles. The molecule has 0 bridgehead atoms. The number of anilines is 1. The molecule has 30 heavy (non-hydrogen) atoms. The molecule has 4 amide bonds. The number of carbonyl (C=O) groups excluding carboxylic acids is 4. The van der Waals surface area contributed by atoms with Crippen molar-refractivity contribution < 1.29 is 19.2 Å². The van der Waals surface area contributed by atoms with Gasteiger partial charge in [0.25, 0.3) is 0 Å². The number of amides is 4. The Morgan fingerprint density at radius 1 is 1.27 bits per heavy atom. The van der Waals surface area contributed by atoms with Gasteiger partial charge in [-0.15, -0.1) is 0 Å². The minimum absolute atomic E-state index is 0.00491. The van der Waals surface area contributed by atoms with Gasteiger partial charge in [-0.05, 0) is 31.0 Å². The van der Waals surface area contributed by atoms with Crippen molar-refractivity contribution in [3.63, 3.8) is 0 Å². The van der Waals surface area contributed by atoms with Crippen LogP contribution in [0, 0.1) is 0 Å². The van der Waals surface area contributed by atoms with Crippen LogP contribution in [0.25, 0.3) is 0 Å². The summed E-state index contributed by atoms with van der Waals surface area (Å²) in [6.45, 7) is 7.72. The minimum atomic E-state index is -0.623. The van der Waals surface area contributed by atoms with Crippen molar-refractivity contribution in [1.82, 2.24) is 15.5 Å². The van der Waals surface area contributed by atoms with E-state index in [-0.39, 0.29) is 49.6 Å². The van der Waals surface area contributed by atoms with E-state index in [2.05, 4.69) is 42.1 Å². The van der Waals surface area contributed by atoms with E-state index in [1.165, 1.54) is 5.56 Å². The number of nitrogens with one attached hydrogen (secondary N) is 3. The summed E-state index contributed by atoms with van der Waals surface area (Å²) in [6.07, 6.45) is 0.986. The van der Waals surface area contributed by atoms with Gasteiger partial charge in [-0.25, -0.2) is 0 Å². The third-order valence-electron chi connectivity index (χ3n) is 4.73. The molecule has 0 radical (unpaired) electrons. The maximum Gasteiger partial charge on any atom is 0.246 e. The lowest BCUT2D eigenvalue weighted by Crippen LogP contribution is -2.41. The summed E-state index contributed by atoms with van der Waals surface area (Å²) in [5.74, 6) is -1.23. The van der Waals surface area contributed by atoms with Gasteiger partial charge >= 0.3 is 0 Å². The largest absolute Gasteiger partial charge is 0.376 e. The van der Waals surface area contributed by atoms with E-state index >= 15 is 0 Å². The Morgan fingerprint density at radius 3 is 2.50 bits per heavy atom. The second kappa shape index (κ2) is 10.8. The first kappa shape index (κ1) is 23.5. The van der Waals surface area contributed by atoms with Crippen molar-refractivity contribution in [2.24, 2.45) is 0 Å². The summed E-state index contributed by atoms with van der Waals surface area (Å²) in [6, 6.07) is 7.07. The van der Waals surface area contributed by atoms with E-state index in [4.69, 9.17) is 0 Å². The Kier molecular flexibility index (Phi) is 8.46. The maximum atomic E-state index is 12.3. The number of likely N-dealkylation sites (tertiary alicyclic amines) is 1. The molecule has 8 nitrogen and oxygen atoms in total. The number of nitrogens with zero attached hydrogens (tertiary/aromatic N) is 1. The van der Waals surface area contributed by atoms with Crippen LogP contribution < -0.4 is 16.0 Å². The third kappa shape index (κ3) is 6.62. The smallest absolute Gasteiger partial charge is 0.246 e. The summed E-state index contributed by atoms with van der Waals surface area (Å²) in [5, 5.41) is 7.80. The Balaban J connectivity index is 1.70. The van der Waals surface area contributed by atoms with E-state index in [1.807, 2.05) is 24.3 Å². The van der Waals surface area contributed by atoms with Crippen LogP contribution in [0.4, 0.5) is 5.69 Å². The lowest BCUT2D eigenvalue weighted by molar-refractivity contribution is -0.138. The fraction of sp³-hybridized carbons (Fsp3) is 0.429. The Morgan fingerprint density at radius 2 is 1.93 bits per heavy atom. The van der Waals surface area contributed by atoms with Gasteiger partial charge < -0.3 is 16.0 Å². The molecule has 1 aromatic rings. The van der Waals surface area contributed by atoms with Crippen LogP contribution in [-0.4, -0.2) is 52.9 Å². The van der Waals surface area contributed by atoms with Crippen LogP contribution in [-0.2, 0) is 25.6 Å². The van der Waals surface area contributed by atoms with Gasteiger partial charge in [0, 0.05) is 30.8 Å². The topological polar surface area (TPSA) is 108 Å². The number of carbonyl (C=O) groups is 4. The van der Waals surface area contributed by atoms with E-state index < -0.39 is 11.3 Å². The molecule has 0 spiro atoms. The van der Waals surface area contributed by atoms with Gasteiger partial charge in [0.2, 0.25) is 23.6 Å². The van der Waals surface area contributed by atoms with E-state index in [1.54, 1.807) is 6.92 Å². The summed E-state index contributed by atoms with van der Waals surface area (Å²) >= 11 is 4.04. The lowest BCUT2D eigenvalue weighted by atomic mass is 10.1. The first-order chi connectivity index (χ1) is 14.2. The molecule has 0 aliphatic carbocycles. The minimum Gasteiger partial charge on any atom is -0.376 e. The predicted octanol–water partition coefficient (Wildman–Crippen LogP) is 1.24. The normalized spacial score (nSPS) is 16.9. The second-order valence-electron chi connectivity index (χ2n) is 7.14. The molecule has 1 saturated heterocycles. The average Bonchev–Trinajstić information content (AvgIpc) is 2.96. The predicted molar refractivity (Wildman–Crippen MR) is 118 cm³/mol. The Bertz CT molecular complexity index is 825. The fourth-order valence-corrected chi connectivity index (χ4v) is 3.20. The first-order valence-corrected chi connectivity index (χ1v) is 10.4. The van der Waals surface area contributed by atoms with Gasteiger partial charge in [-0.3, -0.25) is 24.1 Å². The lowest BCUT2D eigenvalue weighted by Gasteiger charge is -2.18. The molecule has 162 valence electrons. The maximum absolute atomic E-state index is 12.3. The van der Waals surface area contributed by atoms with Crippen LogP contribution in [0.1, 0.15) is 32.3 Å². The van der Waals surface area contributed by atoms with Crippen LogP contribution in [0.15, 0.2) is 36.5 Å². The summed E-state index contributed by atoms with van der Waals surface area (Å²) in [5.41, 5.74) is 2.36. The Hall–Kier alpha value is -2.81. The van der Waals surface area contributed by atoms with Crippen molar-refractivity contribution in [2.45, 2.75) is 44.4 Å². The van der Waals surface area contributed by atoms with E-state index in [0.717, 1.165) is 11.3 Å². The third-order valence-corrected chi connectivity index (χ3v) is 5.13. The second-order valence-corrected chi connectivity index (χ2v) is 7.76. The summed E-state index contributed by atoms with van der Waals surface area (Å²) in [4.78, 5) is 48.8. The molecule has 3 N–H and O–H groups in total. The zero-order valence-electron chi connectivity index (χ0n) is 17.2. The molecule has 1 aliphatic heterocycles. The highest BCUT2D eigenvalue weighted by Gasteiger charge is 2.36. The molecule has 0 aromatic heterocycles. The van der Waals surface area contributed by atoms with Crippen LogP contribution in [0.5, 0.6) is 0 Å². The number of benzene rings is 1. The van der Waals surface area contributed by atoms with Crippen molar-refractivity contribution >= 4 is 41.9 Å². The monoisotopic (exact) mass is 432 g/mol. The van der Waals surface area contributed by atoms with Crippen molar-refractivity contribution in [3.05, 3.63) is 42.1 Å². The van der Waals surface area contributed by atoms with E-state index in [9.17, 15) is 19.2 Å². The summed E-state index contributed by atoms with van der Waals surface area (Å²) in [7, 11) is 0. The average molecular weight is 433 g/mol. The number of rotatable bonds is 10. The quantitative estimate of drug-likeness (QED) is 0.329. The molecule has 1 fully saturated rings. The van der Waals surface area contributed by atoms with Crippen LogP contribution >= 0.6 is 12.6 Å². The van der Waals surface area contributed by atoms with Crippen molar-refractivity contribution in [3.8, 4) is 0 Å². The van der Waals surface area contributed by atoms with Gasteiger partial charge in [0.1, 0.15) is 6.04 Å². The van der Waals surface area contributed by atoms with Gasteiger partial charge in [-0.2, -0.15) is 12.6 Å². The van der Waals surface area contributed by atoms with Crippen molar-refractivity contribution in [1.29, 1.82) is 0 Å². The molecule has 2 rings (SSSR count). The van der Waals surface area contributed by atoms with Gasteiger partial charge in [0.15, 0.2) is 0 Å². The number of hydrogen-bond acceptors (Lipinski definition) is 6. The molecular formula is C21H28N4O4S. The highest BCUT2D eigenvalue weighted by Crippen LogP contribution is 2.17. The first-order valence-electron chi connectivity index (χ1n) is 9.84. The van der Waals surface area contributed by atoms with Crippen LogP contribution in [0.3, 0.4) is 0 Å². The van der Waals surface area contributed by atoms with Gasteiger partial charge in [-0.1, -0.05) is 25.6 Å². The summed E-state index contributed by atoms with van der Waals surface area (Å²) < 4.78 is 0. The Labute approximate surface area is 181 Å². The standard InChI is InChI=1S/C21H28N4O4S/c1-4-15-5-7-16(8-6-15)24-20(28)14(3)23-13(2)12-22-18(26)9-10-25-19(27)11-17(30)21(25)29/h5-8,14,17,23,30H,2,4,9-12H2,1,3H3,(H,22,26)(H,24,28).